The van der Waals surface area contributed by atoms with Gasteiger partial charge in [0.25, 0.3) is 5.91 Å². The number of rotatable bonds is 3. The lowest BCUT2D eigenvalue weighted by atomic mass is 9.87. The topological polar surface area (TPSA) is 75.7 Å². The van der Waals surface area contributed by atoms with Crippen LogP contribution < -0.4 is 10.1 Å². The molecule has 6 heteroatoms. The fourth-order valence-corrected chi connectivity index (χ4v) is 2.31. The second-order valence-electron chi connectivity index (χ2n) is 4.67. The van der Waals surface area contributed by atoms with Crippen molar-refractivity contribution in [2.24, 2.45) is 0 Å². The van der Waals surface area contributed by atoms with Crippen molar-refractivity contribution in [3.63, 3.8) is 0 Å². The van der Waals surface area contributed by atoms with Gasteiger partial charge in [-0.3, -0.25) is 14.5 Å². The van der Waals surface area contributed by atoms with E-state index < -0.39 is 17.5 Å². The van der Waals surface area contributed by atoms with E-state index in [0.717, 1.165) is 4.90 Å². The Morgan fingerprint density at radius 3 is 2.30 bits per heavy atom. The molecule has 1 aliphatic rings. The van der Waals surface area contributed by atoms with Gasteiger partial charge in [-0.2, -0.15) is 0 Å². The maximum atomic E-state index is 12.3. The Balaban J connectivity index is 2.36. The first kappa shape index (κ1) is 14.0. The molecule has 0 saturated carbocycles. The van der Waals surface area contributed by atoms with Crippen molar-refractivity contribution in [2.45, 2.75) is 25.8 Å². The number of imide groups is 1. The molecule has 1 aromatic carbocycles. The van der Waals surface area contributed by atoms with Crippen molar-refractivity contribution in [3.8, 4) is 5.75 Å². The molecular formula is C14H16N2O4. The molecule has 1 aromatic rings. The molecule has 0 aliphatic carbocycles. The SMILES string of the molecule is CCC1(c2ccc(OC(C)=O)cc2)NC(=O)N(C)C1=O. The van der Waals surface area contributed by atoms with E-state index in [1.807, 2.05) is 6.92 Å². The number of urea groups is 1. The van der Waals surface area contributed by atoms with Gasteiger partial charge in [0, 0.05) is 14.0 Å². The molecule has 1 heterocycles. The zero-order chi connectivity index (χ0) is 14.9. The van der Waals surface area contributed by atoms with Gasteiger partial charge >= 0.3 is 12.0 Å². The third-order valence-corrected chi connectivity index (χ3v) is 3.43. The van der Waals surface area contributed by atoms with Crippen LogP contribution in [0.1, 0.15) is 25.8 Å². The fourth-order valence-electron chi connectivity index (χ4n) is 2.31. The number of hydrogen-bond donors (Lipinski definition) is 1. The highest BCUT2D eigenvalue weighted by Gasteiger charge is 2.49. The first-order valence-corrected chi connectivity index (χ1v) is 6.30. The molecule has 0 radical (unpaired) electrons. The Morgan fingerprint density at radius 2 is 1.90 bits per heavy atom. The molecule has 1 unspecified atom stereocenters. The smallest absolute Gasteiger partial charge is 0.325 e. The minimum atomic E-state index is -1.04. The molecule has 106 valence electrons. The van der Waals surface area contributed by atoms with E-state index in [4.69, 9.17) is 4.74 Å². The van der Waals surface area contributed by atoms with E-state index in [0.29, 0.717) is 17.7 Å². The maximum absolute atomic E-state index is 12.3. The highest BCUT2D eigenvalue weighted by molar-refractivity contribution is 6.07. The minimum absolute atomic E-state index is 0.287. The number of carbonyl (C=O) groups is 3. The van der Waals surface area contributed by atoms with Crippen LogP contribution in [0, 0.1) is 0 Å². The van der Waals surface area contributed by atoms with Crippen LogP contribution >= 0.6 is 0 Å². The lowest BCUT2D eigenvalue weighted by Crippen LogP contribution is -2.43. The zero-order valence-corrected chi connectivity index (χ0v) is 11.6. The molecule has 6 nitrogen and oxygen atoms in total. The fraction of sp³-hybridized carbons (Fsp3) is 0.357. The van der Waals surface area contributed by atoms with Gasteiger partial charge < -0.3 is 10.1 Å². The summed E-state index contributed by atoms with van der Waals surface area (Å²) >= 11 is 0. The van der Waals surface area contributed by atoms with Gasteiger partial charge in [-0.1, -0.05) is 19.1 Å². The summed E-state index contributed by atoms with van der Waals surface area (Å²) in [7, 11) is 1.45. The van der Waals surface area contributed by atoms with Crippen LogP contribution in [0.15, 0.2) is 24.3 Å². The molecule has 1 saturated heterocycles. The second kappa shape index (κ2) is 4.96. The minimum Gasteiger partial charge on any atom is -0.427 e. The molecule has 2 rings (SSSR count). The van der Waals surface area contributed by atoms with Crippen LogP contribution in [0.5, 0.6) is 5.75 Å². The van der Waals surface area contributed by atoms with Crippen molar-refractivity contribution in [3.05, 3.63) is 29.8 Å². The highest BCUT2D eigenvalue weighted by atomic mass is 16.5. The Kier molecular flexibility index (Phi) is 3.48. The largest absolute Gasteiger partial charge is 0.427 e. The monoisotopic (exact) mass is 276 g/mol. The number of ether oxygens (including phenoxy) is 1. The van der Waals surface area contributed by atoms with Crippen molar-refractivity contribution < 1.29 is 19.1 Å². The molecule has 20 heavy (non-hydrogen) atoms. The number of nitrogens with zero attached hydrogens (tertiary/aromatic N) is 1. The number of benzene rings is 1. The van der Waals surface area contributed by atoms with Crippen LogP contribution in [0.3, 0.4) is 0 Å². The average molecular weight is 276 g/mol. The first-order valence-electron chi connectivity index (χ1n) is 6.30. The molecule has 0 aromatic heterocycles. The van der Waals surface area contributed by atoms with Gasteiger partial charge in [-0.25, -0.2) is 4.79 Å². The van der Waals surface area contributed by atoms with E-state index in [2.05, 4.69) is 5.32 Å². The van der Waals surface area contributed by atoms with Gasteiger partial charge in [0.15, 0.2) is 0 Å². The zero-order valence-electron chi connectivity index (χ0n) is 11.6. The number of esters is 1. The summed E-state index contributed by atoms with van der Waals surface area (Å²) in [5.74, 6) is -0.296. The number of hydrogen-bond acceptors (Lipinski definition) is 4. The normalized spacial score (nSPS) is 21.9. The standard InChI is InChI=1S/C14H16N2O4/c1-4-14(12(18)16(3)13(19)15-14)10-5-7-11(8-6-10)20-9(2)17/h5-8H,4H2,1-3H3,(H,15,19). The molecule has 1 aliphatic heterocycles. The highest BCUT2D eigenvalue weighted by Crippen LogP contribution is 2.32. The maximum Gasteiger partial charge on any atom is 0.325 e. The summed E-state index contributed by atoms with van der Waals surface area (Å²) < 4.78 is 4.95. The van der Waals surface area contributed by atoms with Crippen LogP contribution in [0.25, 0.3) is 0 Å². The lowest BCUT2D eigenvalue weighted by molar-refractivity contribution is -0.132. The number of nitrogens with one attached hydrogen (secondary N) is 1. The van der Waals surface area contributed by atoms with Gasteiger partial charge in [0.05, 0.1) is 0 Å². The van der Waals surface area contributed by atoms with Crippen LogP contribution in [0.2, 0.25) is 0 Å². The molecule has 1 fully saturated rings. The van der Waals surface area contributed by atoms with E-state index >= 15 is 0 Å². The molecule has 3 amide bonds. The average Bonchev–Trinajstić information content (AvgIpc) is 2.64. The van der Waals surface area contributed by atoms with Crippen molar-refractivity contribution in [1.29, 1.82) is 0 Å². The van der Waals surface area contributed by atoms with Gasteiger partial charge in [-0.05, 0) is 24.1 Å². The number of carbonyl (C=O) groups excluding carboxylic acids is 3. The second-order valence-corrected chi connectivity index (χ2v) is 4.67. The van der Waals surface area contributed by atoms with Crippen molar-refractivity contribution in [2.75, 3.05) is 7.05 Å². The van der Waals surface area contributed by atoms with E-state index in [1.165, 1.54) is 14.0 Å². The molecule has 1 N–H and O–H groups in total. The van der Waals surface area contributed by atoms with Crippen molar-refractivity contribution >= 4 is 17.9 Å². The Labute approximate surface area is 116 Å². The number of likely N-dealkylation sites (N-methyl/N-ethyl adjacent to an activating group) is 1. The molecule has 0 spiro atoms. The van der Waals surface area contributed by atoms with E-state index in [-0.39, 0.29) is 5.91 Å². The molecular weight excluding hydrogens is 260 g/mol. The lowest BCUT2D eigenvalue weighted by Gasteiger charge is -2.25. The predicted molar refractivity (Wildman–Crippen MR) is 71.0 cm³/mol. The van der Waals surface area contributed by atoms with Crippen LogP contribution in [0.4, 0.5) is 4.79 Å². The Hall–Kier alpha value is -2.37. The van der Waals surface area contributed by atoms with Gasteiger partial charge in [0.2, 0.25) is 0 Å². The van der Waals surface area contributed by atoms with E-state index in [9.17, 15) is 14.4 Å². The van der Waals surface area contributed by atoms with Crippen LogP contribution in [-0.4, -0.2) is 29.9 Å². The quantitative estimate of drug-likeness (QED) is 0.514. The van der Waals surface area contributed by atoms with Crippen LogP contribution in [-0.2, 0) is 15.1 Å². The number of amides is 3. The summed E-state index contributed by atoms with van der Waals surface area (Å²) in [6.07, 6.45) is 0.439. The third kappa shape index (κ3) is 2.13. The Bertz CT molecular complexity index is 567. The summed E-state index contributed by atoms with van der Waals surface area (Å²) in [5.41, 5.74) is -0.376. The van der Waals surface area contributed by atoms with Crippen molar-refractivity contribution in [1.82, 2.24) is 10.2 Å². The summed E-state index contributed by atoms with van der Waals surface area (Å²) in [4.78, 5) is 35.9. The molecule has 0 bridgehead atoms. The summed E-state index contributed by atoms with van der Waals surface area (Å²) in [5, 5.41) is 2.72. The summed E-state index contributed by atoms with van der Waals surface area (Å²) in [6, 6.07) is 6.15. The third-order valence-electron chi connectivity index (χ3n) is 3.43. The summed E-state index contributed by atoms with van der Waals surface area (Å²) in [6.45, 7) is 3.15. The predicted octanol–water partition coefficient (Wildman–Crippen LogP) is 1.40. The van der Waals surface area contributed by atoms with E-state index in [1.54, 1.807) is 24.3 Å². The van der Waals surface area contributed by atoms with Gasteiger partial charge in [0.1, 0.15) is 11.3 Å². The van der Waals surface area contributed by atoms with Gasteiger partial charge in [-0.15, -0.1) is 0 Å². The Morgan fingerprint density at radius 1 is 1.30 bits per heavy atom. The first-order chi connectivity index (χ1) is 9.40. The molecule has 1 atom stereocenters.